The van der Waals surface area contributed by atoms with E-state index in [-0.39, 0.29) is 11.5 Å². The van der Waals surface area contributed by atoms with E-state index in [0.717, 1.165) is 11.8 Å². The average molecular weight is 269 g/mol. The molecule has 1 aliphatic heterocycles. The fraction of sp³-hybridized carbons (Fsp3) is 0.0909. The van der Waals surface area contributed by atoms with Crippen molar-refractivity contribution in [1.29, 1.82) is 0 Å². The molecule has 3 nitrogen and oxygen atoms in total. The molecule has 88 valence electrons. The molecule has 0 aliphatic carbocycles. The van der Waals surface area contributed by atoms with Crippen LogP contribution in [0.15, 0.2) is 23.1 Å². The zero-order valence-electron chi connectivity index (χ0n) is 8.82. The monoisotopic (exact) mass is 269 g/mol. The van der Waals surface area contributed by atoms with Gasteiger partial charge in [0.2, 0.25) is 0 Å². The Bertz CT molecular complexity index is 528. The van der Waals surface area contributed by atoms with Crippen LogP contribution in [0.4, 0.5) is 4.39 Å². The molecule has 1 N–H and O–H groups in total. The third kappa shape index (κ3) is 2.48. The highest BCUT2D eigenvalue weighted by Crippen LogP contribution is 2.30. The fourth-order valence-corrected chi connectivity index (χ4v) is 2.41. The molecule has 1 amide bonds. The number of nitrogens with one attached hydrogen (secondary N) is 1. The minimum atomic E-state index is -0.442. The summed E-state index contributed by atoms with van der Waals surface area (Å²) in [5.74, 6) is -0.378. The van der Waals surface area contributed by atoms with Crippen LogP contribution in [0.2, 0.25) is 0 Å². The molecule has 1 aromatic rings. The molecule has 17 heavy (non-hydrogen) atoms. The van der Waals surface area contributed by atoms with Gasteiger partial charge in [-0.1, -0.05) is 30.0 Å². The Kier molecular flexibility index (Phi) is 3.44. The van der Waals surface area contributed by atoms with E-state index in [0.29, 0.717) is 15.0 Å². The van der Waals surface area contributed by atoms with E-state index < -0.39 is 5.82 Å². The van der Waals surface area contributed by atoms with E-state index >= 15 is 0 Å². The highest BCUT2D eigenvalue weighted by molar-refractivity contribution is 8.26. The summed E-state index contributed by atoms with van der Waals surface area (Å²) in [5, 5.41) is 2.47. The molecule has 1 heterocycles. The van der Waals surface area contributed by atoms with Gasteiger partial charge in [0.15, 0.2) is 0 Å². The van der Waals surface area contributed by atoms with Crippen LogP contribution in [0.25, 0.3) is 6.08 Å². The number of thiocarbonyl (C=S) groups is 1. The van der Waals surface area contributed by atoms with Crippen molar-refractivity contribution in [2.24, 2.45) is 0 Å². The Hall–Kier alpha value is -1.40. The van der Waals surface area contributed by atoms with Crippen LogP contribution in [-0.2, 0) is 4.79 Å². The summed E-state index contributed by atoms with van der Waals surface area (Å²) in [6.45, 7) is 0. The molecule has 1 aromatic carbocycles. The van der Waals surface area contributed by atoms with Crippen LogP contribution >= 0.6 is 24.0 Å². The lowest BCUT2D eigenvalue weighted by molar-refractivity contribution is -0.115. The lowest BCUT2D eigenvalue weighted by Gasteiger charge is -2.05. The van der Waals surface area contributed by atoms with E-state index in [2.05, 4.69) is 5.32 Å². The normalized spacial score (nSPS) is 17.4. The summed E-state index contributed by atoms with van der Waals surface area (Å²) < 4.78 is 19.0. The van der Waals surface area contributed by atoms with Gasteiger partial charge in [-0.25, -0.2) is 4.39 Å². The Balaban J connectivity index is 2.45. The first-order valence-corrected chi connectivity index (χ1v) is 5.91. The van der Waals surface area contributed by atoms with Gasteiger partial charge in [0.05, 0.1) is 17.6 Å². The van der Waals surface area contributed by atoms with Crippen molar-refractivity contribution in [2.45, 2.75) is 0 Å². The van der Waals surface area contributed by atoms with Crippen molar-refractivity contribution in [3.63, 3.8) is 0 Å². The summed E-state index contributed by atoms with van der Waals surface area (Å²) in [6, 6.07) is 4.48. The number of rotatable bonds is 2. The van der Waals surface area contributed by atoms with Gasteiger partial charge in [-0.3, -0.25) is 4.79 Å². The van der Waals surface area contributed by atoms with E-state index in [1.807, 2.05) is 0 Å². The molecule has 1 saturated heterocycles. The number of ether oxygens (including phenoxy) is 1. The highest BCUT2D eigenvalue weighted by Gasteiger charge is 2.23. The molecule has 0 unspecified atom stereocenters. The molecule has 6 heteroatoms. The van der Waals surface area contributed by atoms with Crippen molar-refractivity contribution >= 4 is 40.3 Å². The summed E-state index contributed by atoms with van der Waals surface area (Å²) >= 11 is 5.95. The van der Waals surface area contributed by atoms with Crippen molar-refractivity contribution in [2.75, 3.05) is 7.11 Å². The molecule has 0 saturated carbocycles. The predicted molar refractivity (Wildman–Crippen MR) is 69.3 cm³/mol. The molecule has 0 spiro atoms. The maximum absolute atomic E-state index is 13.6. The first kappa shape index (κ1) is 12.1. The van der Waals surface area contributed by atoms with Gasteiger partial charge in [-0.15, -0.1) is 0 Å². The average Bonchev–Trinajstić information content (AvgIpc) is 2.60. The number of amides is 1. The van der Waals surface area contributed by atoms with Crippen LogP contribution in [-0.4, -0.2) is 17.3 Å². The molecule has 0 bridgehead atoms. The second-order valence-electron chi connectivity index (χ2n) is 3.21. The second kappa shape index (κ2) is 4.85. The van der Waals surface area contributed by atoms with Crippen molar-refractivity contribution in [3.8, 4) is 5.75 Å². The second-order valence-corrected chi connectivity index (χ2v) is 4.93. The fourth-order valence-electron chi connectivity index (χ4n) is 1.39. The molecule has 1 aliphatic rings. The number of halogens is 1. The van der Waals surface area contributed by atoms with Gasteiger partial charge in [-0.2, -0.15) is 0 Å². The Morgan fingerprint density at radius 3 is 2.88 bits per heavy atom. The number of methoxy groups -OCH3 is 1. The van der Waals surface area contributed by atoms with Crippen LogP contribution in [0.1, 0.15) is 5.56 Å². The Morgan fingerprint density at radius 1 is 1.53 bits per heavy atom. The zero-order valence-corrected chi connectivity index (χ0v) is 10.5. The smallest absolute Gasteiger partial charge is 0.263 e. The molecular weight excluding hydrogens is 261 g/mol. The van der Waals surface area contributed by atoms with Crippen LogP contribution in [0, 0.1) is 5.82 Å². The van der Waals surface area contributed by atoms with Crippen molar-refractivity contribution in [3.05, 3.63) is 34.5 Å². The number of hydrogen-bond acceptors (Lipinski definition) is 4. The third-order valence-corrected chi connectivity index (χ3v) is 3.31. The molecule has 2 rings (SSSR count). The minimum Gasteiger partial charge on any atom is -0.496 e. The summed E-state index contributed by atoms with van der Waals surface area (Å²) in [6.07, 6.45) is 1.44. The number of benzene rings is 1. The topological polar surface area (TPSA) is 38.3 Å². The zero-order chi connectivity index (χ0) is 12.4. The minimum absolute atomic E-state index is 0.248. The van der Waals surface area contributed by atoms with Crippen LogP contribution in [0.5, 0.6) is 5.75 Å². The number of carbonyl (C=O) groups excluding carboxylic acids is 1. The van der Waals surface area contributed by atoms with Gasteiger partial charge in [-0.05, 0) is 18.2 Å². The van der Waals surface area contributed by atoms with E-state index in [9.17, 15) is 9.18 Å². The Morgan fingerprint density at radius 2 is 2.29 bits per heavy atom. The molecular formula is C11H8FNO2S2. The van der Waals surface area contributed by atoms with Gasteiger partial charge < -0.3 is 10.1 Å². The third-order valence-electron chi connectivity index (χ3n) is 2.15. The van der Waals surface area contributed by atoms with Gasteiger partial charge >= 0.3 is 0 Å². The first-order chi connectivity index (χ1) is 8.11. The van der Waals surface area contributed by atoms with Crippen LogP contribution < -0.4 is 10.1 Å². The van der Waals surface area contributed by atoms with Crippen LogP contribution in [0.3, 0.4) is 0 Å². The molecule has 0 aromatic heterocycles. The lowest BCUT2D eigenvalue weighted by Crippen LogP contribution is -2.17. The summed E-state index contributed by atoms with van der Waals surface area (Å²) in [7, 11) is 1.45. The molecule has 0 atom stereocenters. The first-order valence-electron chi connectivity index (χ1n) is 4.69. The highest BCUT2D eigenvalue weighted by atomic mass is 32.2. The Labute approximate surface area is 107 Å². The number of carbonyl (C=O) groups is 1. The quantitative estimate of drug-likeness (QED) is 0.660. The van der Waals surface area contributed by atoms with E-state index in [4.69, 9.17) is 17.0 Å². The maximum Gasteiger partial charge on any atom is 0.263 e. The standard InChI is InChI=1S/C11H8FNO2S2/c1-15-8-4-2-3-7(12)6(8)5-9-10(14)13-11(16)17-9/h2-5H,1H3,(H,13,14,16). The van der Waals surface area contributed by atoms with Crippen molar-refractivity contribution < 1.29 is 13.9 Å². The predicted octanol–water partition coefficient (Wildman–Crippen LogP) is 2.32. The van der Waals surface area contributed by atoms with E-state index in [1.165, 1.54) is 19.3 Å². The lowest BCUT2D eigenvalue weighted by atomic mass is 10.1. The summed E-state index contributed by atoms with van der Waals surface area (Å²) in [4.78, 5) is 11.8. The molecule has 0 radical (unpaired) electrons. The summed E-state index contributed by atoms with van der Waals surface area (Å²) in [5.41, 5.74) is 0.248. The van der Waals surface area contributed by atoms with Gasteiger partial charge in [0.25, 0.3) is 5.91 Å². The SMILES string of the molecule is COc1cccc(F)c1C=C1SC(=S)NC1=O. The van der Waals surface area contributed by atoms with Gasteiger partial charge in [0, 0.05) is 0 Å². The van der Waals surface area contributed by atoms with E-state index in [1.54, 1.807) is 12.1 Å². The maximum atomic E-state index is 13.6. The largest absolute Gasteiger partial charge is 0.496 e. The molecule has 1 fully saturated rings. The van der Waals surface area contributed by atoms with Gasteiger partial charge in [0.1, 0.15) is 15.9 Å². The van der Waals surface area contributed by atoms with Crippen molar-refractivity contribution in [1.82, 2.24) is 5.32 Å². The number of thioether (sulfide) groups is 1. The number of hydrogen-bond donors (Lipinski definition) is 1.